The molecular weight excluding hydrogens is 180 g/mol. The van der Waals surface area contributed by atoms with Crippen molar-refractivity contribution in [2.24, 2.45) is 0 Å². The first-order valence-electron chi connectivity index (χ1n) is 4.30. The van der Waals surface area contributed by atoms with Crippen molar-refractivity contribution in [1.29, 1.82) is 0 Å². The molecule has 4 nitrogen and oxygen atoms in total. The lowest BCUT2D eigenvalue weighted by Crippen LogP contribution is -1.95. The van der Waals surface area contributed by atoms with Crippen LogP contribution in [0.5, 0.6) is 0 Å². The topological polar surface area (TPSA) is 58.9 Å². The number of H-pyrrole nitrogens is 1. The number of hydrogen-bond acceptors (Lipinski definition) is 3. The van der Waals surface area contributed by atoms with Gasteiger partial charge < -0.3 is 0 Å². The fraction of sp³-hybridized carbons (Fsp3) is 0.200. The van der Waals surface area contributed by atoms with Gasteiger partial charge >= 0.3 is 5.76 Å². The van der Waals surface area contributed by atoms with Crippen LogP contribution in [-0.2, 0) is 0 Å². The van der Waals surface area contributed by atoms with Crippen molar-refractivity contribution in [1.82, 2.24) is 10.1 Å². The zero-order valence-corrected chi connectivity index (χ0v) is 8.00. The van der Waals surface area contributed by atoms with Gasteiger partial charge in [0.2, 0.25) is 0 Å². The molecule has 1 heterocycles. The van der Waals surface area contributed by atoms with E-state index in [2.05, 4.69) is 14.7 Å². The van der Waals surface area contributed by atoms with Crippen LogP contribution < -0.4 is 5.76 Å². The van der Waals surface area contributed by atoms with Gasteiger partial charge in [-0.25, -0.2) is 4.79 Å². The maximum absolute atomic E-state index is 10.8. The first-order valence-corrected chi connectivity index (χ1v) is 4.30. The zero-order chi connectivity index (χ0) is 10.1. The number of rotatable bonds is 1. The van der Waals surface area contributed by atoms with Crippen LogP contribution in [0.3, 0.4) is 0 Å². The van der Waals surface area contributed by atoms with Gasteiger partial charge in [-0.3, -0.25) is 9.51 Å². The normalized spacial score (nSPS) is 10.4. The highest BCUT2D eigenvalue weighted by Crippen LogP contribution is 2.19. The van der Waals surface area contributed by atoms with E-state index in [0.29, 0.717) is 5.82 Å². The lowest BCUT2D eigenvalue weighted by atomic mass is 10.1. The van der Waals surface area contributed by atoms with Crippen LogP contribution in [0.2, 0.25) is 0 Å². The van der Waals surface area contributed by atoms with Crippen LogP contribution in [0.4, 0.5) is 0 Å². The van der Waals surface area contributed by atoms with E-state index in [-0.39, 0.29) is 0 Å². The monoisotopic (exact) mass is 190 g/mol. The third kappa shape index (κ3) is 1.46. The van der Waals surface area contributed by atoms with Crippen LogP contribution >= 0.6 is 0 Å². The van der Waals surface area contributed by atoms with Gasteiger partial charge in [0, 0.05) is 5.56 Å². The molecule has 0 aliphatic carbocycles. The Morgan fingerprint density at radius 1 is 1.36 bits per heavy atom. The molecule has 0 amide bonds. The van der Waals surface area contributed by atoms with E-state index in [1.165, 1.54) is 5.56 Å². The standard InChI is InChI=1S/C10H10N2O2/c1-6-3-4-8(7(2)5-6)9-11-10(13)14-12-9/h3-5H,1-2H3,(H,11,12,13). The highest BCUT2D eigenvalue weighted by atomic mass is 16.5. The summed E-state index contributed by atoms with van der Waals surface area (Å²) in [4.78, 5) is 13.3. The molecule has 1 aromatic carbocycles. The lowest BCUT2D eigenvalue weighted by Gasteiger charge is -2.01. The Bertz CT molecular complexity index is 511. The van der Waals surface area contributed by atoms with Gasteiger partial charge in [-0.15, -0.1) is 0 Å². The van der Waals surface area contributed by atoms with Crippen LogP contribution in [0, 0.1) is 13.8 Å². The third-order valence-corrected chi connectivity index (χ3v) is 2.08. The minimum Gasteiger partial charge on any atom is -0.296 e. The van der Waals surface area contributed by atoms with Gasteiger partial charge in [-0.05, 0) is 19.4 Å². The fourth-order valence-electron chi connectivity index (χ4n) is 1.43. The molecule has 2 rings (SSSR count). The molecule has 1 N–H and O–H groups in total. The van der Waals surface area contributed by atoms with Crippen molar-refractivity contribution >= 4 is 0 Å². The molecule has 0 fully saturated rings. The first kappa shape index (κ1) is 8.74. The number of benzene rings is 1. The van der Waals surface area contributed by atoms with Crippen molar-refractivity contribution in [3.63, 3.8) is 0 Å². The van der Waals surface area contributed by atoms with Gasteiger partial charge in [-0.1, -0.05) is 28.9 Å². The van der Waals surface area contributed by atoms with Gasteiger partial charge in [0.15, 0.2) is 5.82 Å². The minimum absolute atomic E-state index is 0.479. The molecule has 0 bridgehead atoms. The molecule has 0 unspecified atom stereocenters. The van der Waals surface area contributed by atoms with Crippen molar-refractivity contribution in [3.8, 4) is 11.4 Å². The van der Waals surface area contributed by atoms with E-state index in [1.54, 1.807) is 0 Å². The second-order valence-corrected chi connectivity index (χ2v) is 3.26. The second kappa shape index (κ2) is 3.14. The van der Waals surface area contributed by atoms with Crippen molar-refractivity contribution in [3.05, 3.63) is 39.9 Å². The van der Waals surface area contributed by atoms with Crippen LogP contribution in [0.25, 0.3) is 11.4 Å². The number of aromatic amines is 1. The molecule has 2 aromatic rings. The predicted octanol–water partition coefficient (Wildman–Crippen LogP) is 1.65. The maximum atomic E-state index is 10.8. The molecule has 14 heavy (non-hydrogen) atoms. The predicted molar refractivity (Wildman–Crippen MR) is 52.0 cm³/mol. The number of hydrogen-bond donors (Lipinski definition) is 1. The first-order chi connectivity index (χ1) is 6.66. The van der Waals surface area contributed by atoms with E-state index < -0.39 is 5.76 Å². The summed E-state index contributed by atoms with van der Waals surface area (Å²) in [5.74, 6) is -0.0486. The number of aromatic nitrogens is 2. The summed E-state index contributed by atoms with van der Waals surface area (Å²) in [5, 5.41) is 3.63. The summed E-state index contributed by atoms with van der Waals surface area (Å²) in [6, 6.07) is 5.91. The highest BCUT2D eigenvalue weighted by molar-refractivity contribution is 5.59. The molecule has 0 radical (unpaired) electrons. The molecule has 0 saturated heterocycles. The average Bonchev–Trinajstić information content (AvgIpc) is 2.51. The van der Waals surface area contributed by atoms with Crippen molar-refractivity contribution < 1.29 is 4.52 Å². The van der Waals surface area contributed by atoms with E-state index in [9.17, 15) is 4.79 Å². The largest absolute Gasteiger partial charge is 0.439 e. The molecule has 4 heteroatoms. The summed E-state index contributed by atoms with van der Waals surface area (Å²) < 4.78 is 4.44. The van der Waals surface area contributed by atoms with E-state index in [1.807, 2.05) is 32.0 Å². The molecule has 0 aliphatic heterocycles. The molecule has 0 aliphatic rings. The number of nitrogens with one attached hydrogen (secondary N) is 1. The molecule has 0 spiro atoms. The van der Waals surface area contributed by atoms with Gasteiger partial charge in [0.05, 0.1) is 0 Å². The van der Waals surface area contributed by atoms with Gasteiger partial charge in [0.25, 0.3) is 0 Å². The summed E-state index contributed by atoms with van der Waals surface area (Å²) in [5.41, 5.74) is 3.13. The smallest absolute Gasteiger partial charge is 0.296 e. The lowest BCUT2D eigenvalue weighted by molar-refractivity contribution is 0.388. The summed E-state index contributed by atoms with van der Waals surface area (Å²) in [7, 11) is 0. The Hall–Kier alpha value is -1.84. The second-order valence-electron chi connectivity index (χ2n) is 3.26. The fourth-order valence-corrected chi connectivity index (χ4v) is 1.43. The van der Waals surface area contributed by atoms with Crippen molar-refractivity contribution in [2.45, 2.75) is 13.8 Å². The van der Waals surface area contributed by atoms with Gasteiger partial charge in [0.1, 0.15) is 0 Å². The quantitative estimate of drug-likeness (QED) is 0.743. The Labute approximate surface area is 80.6 Å². The summed E-state index contributed by atoms with van der Waals surface area (Å²) in [6.45, 7) is 3.98. The molecule has 0 saturated carbocycles. The van der Waals surface area contributed by atoms with Gasteiger partial charge in [-0.2, -0.15) is 0 Å². The number of nitrogens with zero attached hydrogens (tertiary/aromatic N) is 1. The summed E-state index contributed by atoms with van der Waals surface area (Å²) >= 11 is 0. The molecule has 72 valence electrons. The molecule has 0 atom stereocenters. The Balaban J connectivity index is 2.57. The maximum Gasteiger partial charge on any atom is 0.439 e. The van der Waals surface area contributed by atoms with Crippen LogP contribution in [-0.4, -0.2) is 10.1 Å². The zero-order valence-electron chi connectivity index (χ0n) is 8.00. The van der Waals surface area contributed by atoms with E-state index in [0.717, 1.165) is 11.1 Å². The Morgan fingerprint density at radius 2 is 2.14 bits per heavy atom. The Kier molecular flexibility index (Phi) is 1.96. The third-order valence-electron chi connectivity index (χ3n) is 2.08. The van der Waals surface area contributed by atoms with E-state index in [4.69, 9.17) is 0 Å². The highest BCUT2D eigenvalue weighted by Gasteiger charge is 2.06. The molecular formula is C10H10N2O2. The van der Waals surface area contributed by atoms with Crippen LogP contribution in [0.1, 0.15) is 11.1 Å². The average molecular weight is 190 g/mol. The Morgan fingerprint density at radius 3 is 2.71 bits per heavy atom. The minimum atomic E-state index is -0.528. The summed E-state index contributed by atoms with van der Waals surface area (Å²) in [6.07, 6.45) is 0. The van der Waals surface area contributed by atoms with Crippen molar-refractivity contribution in [2.75, 3.05) is 0 Å². The van der Waals surface area contributed by atoms with Crippen LogP contribution in [0.15, 0.2) is 27.5 Å². The number of aryl methyl sites for hydroxylation is 2. The van der Waals surface area contributed by atoms with E-state index >= 15 is 0 Å². The molecule has 1 aromatic heterocycles. The SMILES string of the molecule is Cc1ccc(-c2noc(=O)[nH]2)c(C)c1.